The van der Waals surface area contributed by atoms with E-state index in [1.165, 1.54) is 5.56 Å². The molecule has 1 N–H and O–H groups in total. The minimum Gasteiger partial charge on any atom is -0.382 e. The van der Waals surface area contributed by atoms with Gasteiger partial charge in [-0.25, -0.2) is 0 Å². The third-order valence-electron chi connectivity index (χ3n) is 4.93. The maximum absolute atomic E-state index is 12.7. The summed E-state index contributed by atoms with van der Waals surface area (Å²) in [6.45, 7) is 7.30. The van der Waals surface area contributed by atoms with Crippen LogP contribution in [-0.4, -0.2) is 37.3 Å². The Labute approximate surface area is 179 Å². The molecule has 0 bridgehead atoms. The first kappa shape index (κ1) is 20.2. The number of carbonyl (C=O) groups is 1. The Morgan fingerprint density at radius 1 is 1.27 bits per heavy atom. The smallest absolute Gasteiger partial charge is 0.269 e. The lowest BCUT2D eigenvalue weighted by Crippen LogP contribution is -2.28. The van der Waals surface area contributed by atoms with Crippen molar-refractivity contribution in [2.75, 3.05) is 5.32 Å². The van der Waals surface area contributed by atoms with Crippen molar-refractivity contribution >= 4 is 29.0 Å². The van der Waals surface area contributed by atoms with Gasteiger partial charge in [-0.3, -0.25) is 14.2 Å². The normalized spacial score (nSPS) is 15.7. The van der Waals surface area contributed by atoms with E-state index in [9.17, 15) is 4.79 Å². The van der Waals surface area contributed by atoms with Gasteiger partial charge in [0, 0.05) is 30.9 Å². The highest BCUT2D eigenvalue weighted by Crippen LogP contribution is 2.23. The number of rotatable bonds is 6. The second-order valence-electron chi connectivity index (χ2n) is 7.32. The Hall–Kier alpha value is -3.13. The largest absolute Gasteiger partial charge is 0.382 e. The van der Waals surface area contributed by atoms with E-state index in [1.54, 1.807) is 10.9 Å². The van der Waals surface area contributed by atoms with Gasteiger partial charge in [-0.15, -0.1) is 0 Å². The Bertz CT molecular complexity index is 1120. The molecule has 0 saturated carbocycles. The second kappa shape index (κ2) is 8.31. The van der Waals surface area contributed by atoms with Gasteiger partial charge in [0.15, 0.2) is 5.82 Å². The molecule has 0 saturated heterocycles. The fourth-order valence-electron chi connectivity index (χ4n) is 3.40. The second-order valence-corrected chi connectivity index (χ2v) is 7.73. The molecule has 0 aliphatic carbocycles. The molecule has 156 valence electrons. The predicted octanol–water partition coefficient (Wildman–Crippen LogP) is 3.55. The van der Waals surface area contributed by atoms with Crippen molar-refractivity contribution in [3.8, 4) is 0 Å². The molecule has 9 heteroatoms. The number of aromatic nitrogens is 4. The van der Waals surface area contributed by atoms with Gasteiger partial charge in [-0.2, -0.15) is 10.2 Å². The van der Waals surface area contributed by atoms with Crippen LogP contribution in [0.15, 0.2) is 41.8 Å². The summed E-state index contributed by atoms with van der Waals surface area (Å²) in [7, 11) is 0. The number of hydrogen-bond donors (Lipinski definition) is 1. The van der Waals surface area contributed by atoms with Gasteiger partial charge in [0.05, 0.1) is 18.0 Å². The van der Waals surface area contributed by atoms with Crippen molar-refractivity contribution in [2.24, 2.45) is 5.16 Å². The van der Waals surface area contributed by atoms with Crippen LogP contribution in [0, 0.1) is 13.8 Å². The summed E-state index contributed by atoms with van der Waals surface area (Å²) in [5.41, 5.74) is 4.75. The molecular formula is C21H23ClN6O2. The molecule has 0 radical (unpaired) electrons. The lowest BCUT2D eigenvalue weighted by Gasteiger charge is -2.08. The lowest BCUT2D eigenvalue weighted by molar-refractivity contribution is -0.125. The van der Waals surface area contributed by atoms with Gasteiger partial charge >= 0.3 is 0 Å². The van der Waals surface area contributed by atoms with E-state index < -0.39 is 6.10 Å². The van der Waals surface area contributed by atoms with Crippen molar-refractivity contribution in [3.63, 3.8) is 0 Å². The van der Waals surface area contributed by atoms with Crippen molar-refractivity contribution in [3.05, 3.63) is 64.1 Å². The van der Waals surface area contributed by atoms with Crippen molar-refractivity contribution in [2.45, 2.75) is 46.4 Å². The van der Waals surface area contributed by atoms with E-state index in [0.717, 1.165) is 23.4 Å². The fraction of sp³-hybridized carbons (Fsp3) is 0.333. The molecule has 3 aromatic rings. The number of carbonyl (C=O) groups excluding carboxylic acids is 1. The number of oxime groups is 1. The molecule has 1 atom stereocenters. The molecule has 4 rings (SSSR count). The summed E-state index contributed by atoms with van der Waals surface area (Å²) in [5.74, 6) is -0.0293. The fourth-order valence-corrected chi connectivity index (χ4v) is 3.60. The van der Waals surface area contributed by atoms with Crippen LogP contribution in [0.2, 0.25) is 5.02 Å². The van der Waals surface area contributed by atoms with Crippen LogP contribution in [0.5, 0.6) is 0 Å². The quantitative estimate of drug-likeness (QED) is 0.653. The molecule has 30 heavy (non-hydrogen) atoms. The van der Waals surface area contributed by atoms with Gasteiger partial charge in [0.25, 0.3) is 5.91 Å². The zero-order valence-corrected chi connectivity index (χ0v) is 17.8. The molecule has 1 aliphatic rings. The summed E-state index contributed by atoms with van der Waals surface area (Å²) in [4.78, 5) is 18.0. The molecule has 0 fully saturated rings. The summed E-state index contributed by atoms with van der Waals surface area (Å²) < 4.78 is 3.54. The zero-order valence-electron chi connectivity index (χ0n) is 17.1. The molecule has 3 heterocycles. The van der Waals surface area contributed by atoms with Gasteiger partial charge in [0.1, 0.15) is 5.02 Å². The van der Waals surface area contributed by atoms with Crippen LogP contribution in [0.1, 0.15) is 35.7 Å². The van der Waals surface area contributed by atoms with Crippen LogP contribution in [0.4, 0.5) is 5.82 Å². The molecule has 2 aromatic heterocycles. The first-order valence-electron chi connectivity index (χ1n) is 9.79. The van der Waals surface area contributed by atoms with E-state index in [0.29, 0.717) is 29.5 Å². The number of aryl methyl sites for hydroxylation is 3. The van der Waals surface area contributed by atoms with Crippen LogP contribution in [-0.2, 0) is 22.7 Å². The lowest BCUT2D eigenvalue weighted by atomic mass is 10.1. The molecule has 1 aliphatic heterocycles. The van der Waals surface area contributed by atoms with Gasteiger partial charge in [-0.05, 0) is 26.3 Å². The number of benzene rings is 1. The highest BCUT2D eigenvalue weighted by Gasteiger charge is 2.31. The monoisotopic (exact) mass is 426 g/mol. The van der Waals surface area contributed by atoms with Crippen LogP contribution < -0.4 is 5.32 Å². The van der Waals surface area contributed by atoms with Gasteiger partial charge in [0.2, 0.25) is 6.10 Å². The number of nitrogens with zero attached hydrogens (tertiary/aromatic N) is 5. The third-order valence-corrected chi connectivity index (χ3v) is 5.20. The highest BCUT2D eigenvalue weighted by atomic mass is 35.5. The van der Waals surface area contributed by atoms with Crippen molar-refractivity contribution < 1.29 is 9.63 Å². The molecule has 0 spiro atoms. The van der Waals surface area contributed by atoms with E-state index in [-0.39, 0.29) is 5.91 Å². The Balaban J connectivity index is 1.40. The molecule has 1 aromatic carbocycles. The SMILES string of the molecule is CCn1cc(C2=NOC(C(=O)Nc3nn(Cc4cccc(C)c4)cc3Cl)C2)c(C)n1. The number of nitrogens with one attached hydrogen (secondary N) is 1. The average Bonchev–Trinajstić information content (AvgIpc) is 3.41. The molecule has 1 amide bonds. The predicted molar refractivity (Wildman–Crippen MR) is 115 cm³/mol. The molecular weight excluding hydrogens is 404 g/mol. The Morgan fingerprint density at radius 3 is 2.83 bits per heavy atom. The summed E-state index contributed by atoms with van der Waals surface area (Å²) in [6, 6.07) is 8.15. The van der Waals surface area contributed by atoms with E-state index in [2.05, 4.69) is 26.7 Å². The number of halogens is 1. The summed E-state index contributed by atoms with van der Waals surface area (Å²) >= 11 is 6.28. The number of anilines is 1. The van der Waals surface area contributed by atoms with Crippen LogP contribution in [0.25, 0.3) is 0 Å². The first-order valence-corrected chi connectivity index (χ1v) is 10.2. The van der Waals surface area contributed by atoms with Crippen LogP contribution >= 0.6 is 11.6 Å². The first-order chi connectivity index (χ1) is 14.4. The number of hydrogen-bond acceptors (Lipinski definition) is 5. The molecule has 8 nitrogen and oxygen atoms in total. The summed E-state index contributed by atoms with van der Waals surface area (Å²) in [6.07, 6.45) is 3.24. The average molecular weight is 427 g/mol. The topological polar surface area (TPSA) is 86.3 Å². The van der Waals surface area contributed by atoms with Crippen LogP contribution in [0.3, 0.4) is 0 Å². The minimum atomic E-state index is -0.734. The Morgan fingerprint density at radius 2 is 2.10 bits per heavy atom. The van der Waals surface area contributed by atoms with Gasteiger partial charge in [-0.1, -0.05) is 46.6 Å². The van der Waals surface area contributed by atoms with E-state index in [1.807, 2.05) is 49.8 Å². The van der Waals surface area contributed by atoms with Crippen molar-refractivity contribution in [1.29, 1.82) is 0 Å². The Kier molecular flexibility index (Phi) is 5.59. The minimum absolute atomic E-state index is 0.307. The van der Waals surface area contributed by atoms with E-state index in [4.69, 9.17) is 16.4 Å². The molecule has 1 unspecified atom stereocenters. The van der Waals surface area contributed by atoms with Crippen molar-refractivity contribution in [1.82, 2.24) is 19.6 Å². The zero-order chi connectivity index (χ0) is 21.3. The number of amides is 1. The standard InChI is InChI=1S/C21H23ClN6O2/c1-4-27-11-16(14(3)24-27)18-9-19(30-26-18)21(29)23-20-17(22)12-28(25-20)10-15-7-5-6-13(2)8-15/h5-8,11-12,19H,4,9-10H2,1-3H3,(H,23,25,29). The summed E-state index contributed by atoms with van der Waals surface area (Å²) in [5, 5.41) is 16.0. The third kappa shape index (κ3) is 4.23. The maximum Gasteiger partial charge on any atom is 0.269 e. The van der Waals surface area contributed by atoms with E-state index >= 15 is 0 Å². The van der Waals surface area contributed by atoms with Gasteiger partial charge < -0.3 is 10.2 Å². The highest BCUT2D eigenvalue weighted by molar-refractivity contribution is 6.33. The maximum atomic E-state index is 12.7.